The molecule has 1 aliphatic heterocycles. The molecule has 0 bridgehead atoms. The predicted molar refractivity (Wildman–Crippen MR) is 135 cm³/mol. The van der Waals surface area contributed by atoms with Crippen LogP contribution in [0.25, 0.3) is 17.4 Å². The Hall–Kier alpha value is -3.09. The van der Waals surface area contributed by atoms with Gasteiger partial charge in [0, 0.05) is 24.7 Å². The third kappa shape index (κ3) is 5.58. The maximum Gasteiger partial charge on any atom is 0.250 e. The minimum Gasteiger partial charge on any atom is -0.457 e. The van der Waals surface area contributed by atoms with Crippen molar-refractivity contribution < 1.29 is 9.21 Å². The average Bonchev–Trinajstić information content (AvgIpc) is 3.28. The van der Waals surface area contributed by atoms with Gasteiger partial charge in [0.05, 0.1) is 16.4 Å². The smallest absolute Gasteiger partial charge is 0.250 e. The molecule has 32 heavy (non-hydrogen) atoms. The topological polar surface area (TPSA) is 57.5 Å². The van der Waals surface area contributed by atoms with Crippen molar-refractivity contribution in [1.82, 2.24) is 5.32 Å². The fraction of sp³-hybridized carbons (Fsp3) is 0.200. The zero-order valence-electron chi connectivity index (χ0n) is 17.5. The second-order valence-corrected chi connectivity index (χ2v) is 8.34. The third-order valence-corrected chi connectivity index (χ3v) is 5.74. The summed E-state index contributed by atoms with van der Waals surface area (Å²) in [6, 6.07) is 19.1. The molecule has 1 fully saturated rings. The molecule has 164 valence electrons. The Bertz CT molecular complexity index is 1120. The van der Waals surface area contributed by atoms with Crippen LogP contribution in [0.1, 0.15) is 25.0 Å². The van der Waals surface area contributed by atoms with E-state index in [0.717, 1.165) is 48.6 Å². The van der Waals surface area contributed by atoms with Crippen molar-refractivity contribution in [2.45, 2.75) is 19.3 Å². The fourth-order valence-electron chi connectivity index (χ4n) is 3.72. The van der Waals surface area contributed by atoms with E-state index < -0.39 is 0 Å². The molecule has 7 heteroatoms. The van der Waals surface area contributed by atoms with Crippen molar-refractivity contribution in [3.63, 3.8) is 0 Å². The van der Waals surface area contributed by atoms with Gasteiger partial charge in [-0.3, -0.25) is 10.1 Å². The van der Waals surface area contributed by atoms with Gasteiger partial charge in [0.25, 0.3) is 0 Å². The van der Waals surface area contributed by atoms with Crippen molar-refractivity contribution in [1.29, 1.82) is 0 Å². The molecule has 1 aliphatic rings. The van der Waals surface area contributed by atoms with Crippen LogP contribution in [0.2, 0.25) is 5.02 Å². The number of rotatable bonds is 5. The Kier molecular flexibility index (Phi) is 7.24. The number of hydrogen-bond acceptors (Lipinski definition) is 4. The lowest BCUT2D eigenvalue weighted by molar-refractivity contribution is -0.115. The number of piperidine rings is 1. The molecule has 0 radical (unpaired) electrons. The van der Waals surface area contributed by atoms with E-state index in [1.165, 1.54) is 12.5 Å². The van der Waals surface area contributed by atoms with Crippen molar-refractivity contribution in [2.24, 2.45) is 0 Å². The van der Waals surface area contributed by atoms with E-state index in [1.54, 1.807) is 6.08 Å². The molecule has 2 N–H and O–H groups in total. The molecule has 0 spiro atoms. The maximum atomic E-state index is 12.3. The summed E-state index contributed by atoms with van der Waals surface area (Å²) in [5, 5.41) is 6.67. The Morgan fingerprint density at radius 3 is 2.56 bits per heavy atom. The lowest BCUT2D eigenvalue weighted by Crippen LogP contribution is -2.34. The summed E-state index contributed by atoms with van der Waals surface area (Å²) < 4.78 is 5.78. The highest BCUT2D eigenvalue weighted by molar-refractivity contribution is 7.80. The molecule has 5 nitrogen and oxygen atoms in total. The molecule has 2 heterocycles. The number of carbonyl (C=O) groups is 1. The van der Waals surface area contributed by atoms with Gasteiger partial charge in [-0.05, 0) is 61.8 Å². The van der Waals surface area contributed by atoms with E-state index in [2.05, 4.69) is 15.5 Å². The molecular weight excluding hydrogens is 442 g/mol. The lowest BCUT2D eigenvalue weighted by Gasteiger charge is -2.31. The highest BCUT2D eigenvalue weighted by Gasteiger charge is 2.18. The van der Waals surface area contributed by atoms with Gasteiger partial charge in [-0.2, -0.15) is 0 Å². The number of nitrogens with one attached hydrogen (secondary N) is 2. The predicted octanol–water partition coefficient (Wildman–Crippen LogP) is 6.12. The number of carbonyl (C=O) groups excluding carboxylic acids is 1. The first-order valence-electron chi connectivity index (χ1n) is 10.6. The van der Waals surface area contributed by atoms with Crippen LogP contribution >= 0.6 is 23.8 Å². The van der Waals surface area contributed by atoms with Gasteiger partial charge in [0.2, 0.25) is 5.91 Å². The number of halogens is 1. The van der Waals surface area contributed by atoms with E-state index >= 15 is 0 Å². The Balaban J connectivity index is 1.37. The molecule has 1 amide bonds. The SMILES string of the molecule is O=C(/C=C/c1ccc(-c2ccccc2)o1)NC(=S)Nc1cccc(Cl)c1N1CCCCC1. The lowest BCUT2D eigenvalue weighted by atomic mass is 10.1. The quantitative estimate of drug-likeness (QED) is 0.351. The second-order valence-electron chi connectivity index (χ2n) is 7.53. The maximum absolute atomic E-state index is 12.3. The number of anilines is 2. The zero-order valence-corrected chi connectivity index (χ0v) is 19.1. The standard InChI is InChI=1S/C25H24ClN3O2S/c26-20-10-7-11-21(24(20)29-16-5-2-6-17-29)27-25(32)28-23(30)15-13-19-12-14-22(31-19)18-8-3-1-4-9-18/h1,3-4,7-15H,2,5-6,16-17H2,(H2,27,28,30,32)/b15-13+. The number of nitrogens with zero attached hydrogens (tertiary/aromatic N) is 1. The van der Waals surface area contributed by atoms with Gasteiger partial charge in [-0.15, -0.1) is 0 Å². The highest BCUT2D eigenvalue weighted by Crippen LogP contribution is 2.35. The van der Waals surface area contributed by atoms with Crippen molar-refractivity contribution in [3.05, 3.63) is 77.5 Å². The average molecular weight is 466 g/mol. The van der Waals surface area contributed by atoms with Crippen LogP contribution in [0.3, 0.4) is 0 Å². The minimum absolute atomic E-state index is 0.213. The molecule has 2 aromatic carbocycles. The van der Waals surface area contributed by atoms with E-state index in [1.807, 2.05) is 60.7 Å². The highest BCUT2D eigenvalue weighted by atomic mass is 35.5. The summed E-state index contributed by atoms with van der Waals surface area (Å²) in [7, 11) is 0. The molecule has 0 aliphatic carbocycles. The molecule has 1 aromatic heterocycles. The van der Waals surface area contributed by atoms with Crippen LogP contribution in [0.15, 0.2) is 71.2 Å². The summed E-state index contributed by atoms with van der Waals surface area (Å²) in [4.78, 5) is 14.6. The summed E-state index contributed by atoms with van der Waals surface area (Å²) in [5.74, 6) is 0.982. The third-order valence-electron chi connectivity index (χ3n) is 5.23. The van der Waals surface area contributed by atoms with Crippen LogP contribution in [0.4, 0.5) is 11.4 Å². The van der Waals surface area contributed by atoms with Gasteiger partial charge in [0.1, 0.15) is 11.5 Å². The van der Waals surface area contributed by atoms with Crippen molar-refractivity contribution >= 4 is 52.3 Å². The molecule has 1 saturated heterocycles. The zero-order chi connectivity index (χ0) is 22.3. The molecule has 3 aromatic rings. The molecule has 0 atom stereocenters. The van der Waals surface area contributed by atoms with Gasteiger partial charge < -0.3 is 14.6 Å². The first-order valence-corrected chi connectivity index (χ1v) is 11.4. The van der Waals surface area contributed by atoms with Gasteiger partial charge in [-0.1, -0.05) is 48.0 Å². The number of benzene rings is 2. The van der Waals surface area contributed by atoms with E-state index in [4.69, 9.17) is 28.2 Å². The number of hydrogen-bond donors (Lipinski definition) is 2. The Labute approximate surface area is 198 Å². The summed E-state index contributed by atoms with van der Waals surface area (Å²) in [6.45, 7) is 1.91. The van der Waals surface area contributed by atoms with Crippen LogP contribution in [0, 0.1) is 0 Å². The van der Waals surface area contributed by atoms with Crippen LogP contribution in [-0.4, -0.2) is 24.1 Å². The number of para-hydroxylation sites is 1. The number of amides is 1. The number of thiocarbonyl (C=S) groups is 1. The van der Waals surface area contributed by atoms with Crippen LogP contribution < -0.4 is 15.5 Å². The monoisotopic (exact) mass is 465 g/mol. The Morgan fingerprint density at radius 2 is 1.78 bits per heavy atom. The fourth-order valence-corrected chi connectivity index (χ4v) is 4.22. The summed E-state index contributed by atoms with van der Waals surface area (Å²) in [5.41, 5.74) is 2.69. The normalized spacial score (nSPS) is 13.8. The molecule has 4 rings (SSSR count). The second kappa shape index (κ2) is 10.5. The van der Waals surface area contributed by atoms with Gasteiger partial charge >= 0.3 is 0 Å². The molecule has 0 unspecified atom stereocenters. The van der Waals surface area contributed by atoms with Crippen molar-refractivity contribution in [2.75, 3.05) is 23.3 Å². The largest absolute Gasteiger partial charge is 0.457 e. The van der Waals surface area contributed by atoms with Gasteiger partial charge in [-0.25, -0.2) is 0 Å². The van der Waals surface area contributed by atoms with E-state index in [0.29, 0.717) is 10.8 Å². The van der Waals surface area contributed by atoms with Crippen LogP contribution in [0.5, 0.6) is 0 Å². The summed E-state index contributed by atoms with van der Waals surface area (Å²) in [6.07, 6.45) is 6.51. The van der Waals surface area contributed by atoms with E-state index in [-0.39, 0.29) is 11.0 Å². The van der Waals surface area contributed by atoms with Crippen LogP contribution in [-0.2, 0) is 4.79 Å². The summed E-state index contributed by atoms with van der Waals surface area (Å²) >= 11 is 11.8. The molecule has 0 saturated carbocycles. The first-order chi connectivity index (χ1) is 15.6. The van der Waals surface area contributed by atoms with E-state index in [9.17, 15) is 4.79 Å². The molecular formula is C25H24ClN3O2S. The first kappa shape index (κ1) is 22.1. The van der Waals surface area contributed by atoms with Crippen molar-refractivity contribution in [3.8, 4) is 11.3 Å². The minimum atomic E-state index is -0.346. The Morgan fingerprint density at radius 1 is 1.00 bits per heavy atom. The number of furan rings is 1. The van der Waals surface area contributed by atoms with Gasteiger partial charge in [0.15, 0.2) is 5.11 Å².